The third kappa shape index (κ3) is 4.02. The summed E-state index contributed by atoms with van der Waals surface area (Å²) < 4.78 is 53.4. The van der Waals surface area contributed by atoms with Gasteiger partial charge >= 0.3 is 12.3 Å². The number of ether oxygens (including phenoxy) is 4. The lowest BCUT2D eigenvalue weighted by Gasteiger charge is -2.63. The van der Waals surface area contributed by atoms with Crippen molar-refractivity contribution in [3.8, 4) is 0 Å². The highest BCUT2D eigenvalue weighted by Gasteiger charge is 2.78. The molecule has 9 nitrogen and oxygen atoms in total. The standard InChI is InChI=1S/C28H36F2O9/c1-6-9-37-24(35)38-14-22(33)28(39-23(34)36-5)15(2)10-17-18-12-20(29)19-11-16(31)7-8-25(19,3)27(18,30)21(32)13-26(17,28)4/h7-8,11,15,17-18,20-21,32H,6,9-10,12-14H2,1-5H3/t15-,17+,18+,20+,21+,25+,26+,27+,28+/m1/s1. The van der Waals surface area contributed by atoms with Gasteiger partial charge in [-0.05, 0) is 56.3 Å². The van der Waals surface area contributed by atoms with Crippen LogP contribution in [0.4, 0.5) is 18.4 Å². The highest BCUT2D eigenvalue weighted by Crippen LogP contribution is 2.71. The monoisotopic (exact) mass is 554 g/mol. The second-order valence-corrected chi connectivity index (χ2v) is 11.6. The van der Waals surface area contributed by atoms with Gasteiger partial charge < -0.3 is 24.1 Å². The molecular formula is C28H36F2O9. The summed E-state index contributed by atoms with van der Waals surface area (Å²) in [5.74, 6) is -3.76. The van der Waals surface area contributed by atoms with E-state index in [0.717, 1.165) is 13.2 Å². The molecule has 3 fully saturated rings. The van der Waals surface area contributed by atoms with Crippen LogP contribution < -0.4 is 0 Å². The molecule has 4 rings (SSSR count). The fourth-order valence-electron chi connectivity index (χ4n) is 8.02. The minimum Gasteiger partial charge on any atom is -0.438 e. The average Bonchev–Trinajstić information content (AvgIpc) is 3.10. The number of hydrogen-bond donors (Lipinski definition) is 1. The van der Waals surface area contributed by atoms with Gasteiger partial charge in [0.15, 0.2) is 23.7 Å². The Bertz CT molecular complexity index is 1120. The van der Waals surface area contributed by atoms with E-state index in [4.69, 9.17) is 18.9 Å². The van der Waals surface area contributed by atoms with Crippen LogP contribution in [-0.4, -0.2) is 72.9 Å². The number of allylic oxidation sites excluding steroid dienone is 4. The fraction of sp³-hybridized carbons (Fsp3) is 0.714. The Morgan fingerprint density at radius 1 is 1.13 bits per heavy atom. The Labute approximate surface area is 225 Å². The summed E-state index contributed by atoms with van der Waals surface area (Å²) in [5.41, 5.74) is -7.33. The van der Waals surface area contributed by atoms with Crippen LogP contribution in [0.1, 0.15) is 53.4 Å². The van der Waals surface area contributed by atoms with Crippen LogP contribution >= 0.6 is 0 Å². The van der Waals surface area contributed by atoms with Gasteiger partial charge in [-0.25, -0.2) is 18.4 Å². The molecule has 9 atom stereocenters. The van der Waals surface area contributed by atoms with E-state index >= 15 is 8.78 Å². The Balaban J connectivity index is 1.77. The summed E-state index contributed by atoms with van der Waals surface area (Å²) in [6, 6.07) is 0. The molecule has 0 aromatic carbocycles. The molecule has 0 aromatic heterocycles. The molecular weight excluding hydrogens is 518 g/mol. The molecule has 39 heavy (non-hydrogen) atoms. The Morgan fingerprint density at radius 3 is 2.46 bits per heavy atom. The molecule has 3 saturated carbocycles. The quantitative estimate of drug-likeness (QED) is 0.481. The smallest absolute Gasteiger partial charge is 0.438 e. The van der Waals surface area contributed by atoms with Crippen molar-refractivity contribution in [3.63, 3.8) is 0 Å². The lowest BCUT2D eigenvalue weighted by atomic mass is 9.44. The number of halogens is 2. The first-order chi connectivity index (χ1) is 18.2. The van der Waals surface area contributed by atoms with E-state index in [1.807, 2.05) is 0 Å². The number of ketones is 2. The Kier molecular flexibility index (Phi) is 7.46. The van der Waals surface area contributed by atoms with Crippen molar-refractivity contribution in [2.75, 3.05) is 20.3 Å². The molecule has 0 bridgehead atoms. The lowest BCUT2D eigenvalue weighted by molar-refractivity contribution is -0.225. The van der Waals surface area contributed by atoms with Crippen molar-refractivity contribution >= 4 is 23.9 Å². The third-order valence-corrected chi connectivity index (χ3v) is 9.74. The van der Waals surface area contributed by atoms with Crippen LogP contribution in [0.3, 0.4) is 0 Å². The summed E-state index contributed by atoms with van der Waals surface area (Å²) in [6.45, 7) is 5.80. The number of carbonyl (C=O) groups is 4. The molecule has 216 valence electrons. The van der Waals surface area contributed by atoms with Gasteiger partial charge in [0, 0.05) is 22.7 Å². The van der Waals surface area contributed by atoms with Crippen molar-refractivity contribution in [2.45, 2.75) is 76.9 Å². The summed E-state index contributed by atoms with van der Waals surface area (Å²) in [7, 11) is 1.07. The van der Waals surface area contributed by atoms with Gasteiger partial charge in [0.05, 0.1) is 19.8 Å². The van der Waals surface area contributed by atoms with Gasteiger partial charge in [-0.3, -0.25) is 9.59 Å². The van der Waals surface area contributed by atoms with Crippen molar-refractivity contribution in [1.29, 1.82) is 0 Å². The zero-order valence-electron chi connectivity index (χ0n) is 22.8. The minimum absolute atomic E-state index is 0.0189. The maximum Gasteiger partial charge on any atom is 0.509 e. The predicted octanol–water partition coefficient (Wildman–Crippen LogP) is 4.21. The maximum absolute atomic E-state index is 17.4. The number of hydrogen-bond acceptors (Lipinski definition) is 9. The summed E-state index contributed by atoms with van der Waals surface area (Å²) >= 11 is 0. The molecule has 0 saturated heterocycles. The van der Waals surface area contributed by atoms with Crippen LogP contribution in [-0.2, 0) is 28.5 Å². The van der Waals surface area contributed by atoms with E-state index in [1.165, 1.54) is 19.1 Å². The van der Waals surface area contributed by atoms with E-state index in [2.05, 4.69) is 0 Å². The second-order valence-electron chi connectivity index (χ2n) is 11.6. The van der Waals surface area contributed by atoms with Crippen molar-refractivity contribution < 1.29 is 52.0 Å². The Hall–Kier alpha value is -2.82. The van der Waals surface area contributed by atoms with Crippen molar-refractivity contribution in [1.82, 2.24) is 0 Å². The number of aliphatic hydroxyl groups is 1. The molecule has 0 aliphatic heterocycles. The van der Waals surface area contributed by atoms with E-state index in [0.29, 0.717) is 6.42 Å². The molecule has 0 heterocycles. The van der Waals surface area contributed by atoms with Gasteiger partial charge in [0.25, 0.3) is 0 Å². The molecule has 0 amide bonds. The average molecular weight is 555 g/mol. The predicted molar refractivity (Wildman–Crippen MR) is 132 cm³/mol. The topological polar surface area (TPSA) is 125 Å². The van der Waals surface area contributed by atoms with Crippen LogP contribution in [0.5, 0.6) is 0 Å². The van der Waals surface area contributed by atoms with Gasteiger partial charge in [-0.15, -0.1) is 0 Å². The number of rotatable bonds is 6. The summed E-state index contributed by atoms with van der Waals surface area (Å²) in [6.07, 6.45) is -1.96. The van der Waals surface area contributed by atoms with Crippen LogP contribution in [0.15, 0.2) is 23.8 Å². The SMILES string of the molecule is CCCOC(=O)OCC(=O)[C@@]1(OC(=O)OC)[C@H](C)C[C@H]2[C@@H]3C[C@H](F)C4=CC(=O)C=C[C@]4(C)[C@@]3(F)[C@@H](O)C[C@@]21C. The van der Waals surface area contributed by atoms with Crippen molar-refractivity contribution in [2.24, 2.45) is 28.6 Å². The highest BCUT2D eigenvalue weighted by atomic mass is 19.1. The molecule has 0 spiro atoms. The maximum atomic E-state index is 17.4. The van der Waals surface area contributed by atoms with Gasteiger partial charge in [-0.1, -0.05) is 26.8 Å². The molecule has 4 aliphatic carbocycles. The summed E-state index contributed by atoms with van der Waals surface area (Å²) in [4.78, 5) is 50.3. The summed E-state index contributed by atoms with van der Waals surface area (Å²) in [5, 5.41) is 11.5. The number of aliphatic hydroxyl groups excluding tert-OH is 1. The zero-order chi connectivity index (χ0) is 29.0. The number of Topliss-reactive ketones (excluding diaryl/α,β-unsaturated/α-hetero) is 1. The van der Waals surface area contributed by atoms with E-state index in [1.54, 1.807) is 20.8 Å². The normalized spacial score (nSPS) is 42.4. The van der Waals surface area contributed by atoms with Crippen LogP contribution in [0, 0.1) is 28.6 Å². The first-order valence-electron chi connectivity index (χ1n) is 13.3. The molecule has 4 aliphatic rings. The van der Waals surface area contributed by atoms with E-state index in [-0.39, 0.29) is 31.4 Å². The molecule has 0 radical (unpaired) electrons. The first kappa shape index (κ1) is 29.2. The number of alkyl halides is 2. The van der Waals surface area contributed by atoms with E-state index in [9.17, 15) is 24.3 Å². The second kappa shape index (κ2) is 9.98. The molecule has 0 unspecified atom stereocenters. The first-order valence-corrected chi connectivity index (χ1v) is 13.3. The third-order valence-electron chi connectivity index (χ3n) is 9.74. The lowest BCUT2D eigenvalue weighted by Crippen LogP contribution is -2.71. The number of fused-ring (bicyclic) bond motifs is 5. The zero-order valence-corrected chi connectivity index (χ0v) is 22.8. The van der Waals surface area contributed by atoms with Crippen LogP contribution in [0.2, 0.25) is 0 Å². The number of methoxy groups -OCH3 is 1. The van der Waals surface area contributed by atoms with Crippen LogP contribution in [0.25, 0.3) is 0 Å². The van der Waals surface area contributed by atoms with Crippen molar-refractivity contribution in [3.05, 3.63) is 23.8 Å². The largest absolute Gasteiger partial charge is 0.509 e. The molecule has 1 N–H and O–H groups in total. The fourth-order valence-corrected chi connectivity index (χ4v) is 8.02. The minimum atomic E-state index is -2.37. The number of carbonyl (C=O) groups excluding carboxylic acids is 4. The van der Waals surface area contributed by atoms with Gasteiger partial charge in [0.1, 0.15) is 6.17 Å². The van der Waals surface area contributed by atoms with E-state index < -0.39 is 82.6 Å². The highest BCUT2D eigenvalue weighted by molar-refractivity contribution is 6.01. The molecule has 11 heteroatoms. The van der Waals surface area contributed by atoms with Gasteiger partial charge in [0.2, 0.25) is 5.78 Å². The Morgan fingerprint density at radius 2 is 1.82 bits per heavy atom. The molecule has 0 aromatic rings. The van der Waals surface area contributed by atoms with Gasteiger partial charge in [-0.2, -0.15) is 0 Å².